The third kappa shape index (κ3) is 5.92. The van der Waals surface area contributed by atoms with Crippen molar-refractivity contribution in [3.8, 4) is 11.5 Å². The van der Waals surface area contributed by atoms with Crippen LogP contribution in [0.15, 0.2) is 24.3 Å². The summed E-state index contributed by atoms with van der Waals surface area (Å²) in [7, 11) is 1.64. The molecule has 0 N–H and O–H groups in total. The Bertz CT molecular complexity index is 475. The lowest BCUT2D eigenvalue weighted by Gasteiger charge is -2.30. The van der Waals surface area contributed by atoms with Crippen molar-refractivity contribution in [3.05, 3.63) is 24.3 Å². The highest BCUT2D eigenvalue weighted by atomic mass is 35.5. The van der Waals surface area contributed by atoms with E-state index in [9.17, 15) is 4.79 Å². The minimum Gasteiger partial charge on any atom is -0.493 e. The number of ether oxygens (including phenoxy) is 3. The number of esters is 1. The molecule has 0 aliphatic carbocycles. The summed E-state index contributed by atoms with van der Waals surface area (Å²) in [6.45, 7) is 5.61. The third-order valence-electron chi connectivity index (χ3n) is 3.94. The maximum atomic E-state index is 11.7. The highest BCUT2D eigenvalue weighted by Crippen LogP contribution is 2.25. The van der Waals surface area contributed by atoms with Crippen LogP contribution in [-0.2, 0) is 9.53 Å². The van der Waals surface area contributed by atoms with Gasteiger partial charge >= 0.3 is 5.97 Å². The van der Waals surface area contributed by atoms with Crippen molar-refractivity contribution in [1.82, 2.24) is 4.90 Å². The molecule has 0 saturated carbocycles. The molecule has 0 bridgehead atoms. The van der Waals surface area contributed by atoms with Crippen molar-refractivity contribution in [1.29, 1.82) is 0 Å². The summed E-state index contributed by atoms with van der Waals surface area (Å²) in [4.78, 5) is 14.0. The quantitative estimate of drug-likeness (QED) is 0.712. The van der Waals surface area contributed by atoms with E-state index in [-0.39, 0.29) is 24.3 Å². The van der Waals surface area contributed by atoms with E-state index in [1.807, 2.05) is 31.2 Å². The maximum absolute atomic E-state index is 11.7. The van der Waals surface area contributed by atoms with Gasteiger partial charge in [0.25, 0.3) is 0 Å². The molecule has 1 fully saturated rings. The number of benzene rings is 1. The highest BCUT2D eigenvalue weighted by Gasteiger charge is 2.25. The van der Waals surface area contributed by atoms with Crippen LogP contribution < -0.4 is 9.47 Å². The fourth-order valence-electron chi connectivity index (χ4n) is 2.68. The van der Waals surface area contributed by atoms with Crippen molar-refractivity contribution >= 4 is 18.4 Å². The molecule has 5 nitrogen and oxygen atoms in total. The molecule has 0 atom stereocenters. The lowest BCUT2D eigenvalue weighted by atomic mass is 9.97. The van der Waals surface area contributed by atoms with E-state index in [0.717, 1.165) is 44.0 Å². The number of methoxy groups -OCH3 is 1. The molecule has 23 heavy (non-hydrogen) atoms. The number of carbonyl (C=O) groups excluding carboxylic acids is 1. The Morgan fingerprint density at radius 2 is 1.87 bits per heavy atom. The van der Waals surface area contributed by atoms with Gasteiger partial charge < -0.3 is 14.2 Å². The Hall–Kier alpha value is -1.46. The van der Waals surface area contributed by atoms with Crippen molar-refractivity contribution < 1.29 is 19.0 Å². The minimum absolute atomic E-state index is 0. The molecular weight excluding hydrogens is 318 g/mol. The fraction of sp³-hybridized carbons (Fsp3) is 0.588. The van der Waals surface area contributed by atoms with Crippen LogP contribution in [0.1, 0.15) is 19.8 Å². The highest BCUT2D eigenvalue weighted by molar-refractivity contribution is 5.85. The van der Waals surface area contributed by atoms with E-state index in [0.29, 0.717) is 13.2 Å². The number of likely N-dealkylation sites (tertiary alicyclic amines) is 1. The van der Waals surface area contributed by atoms with Gasteiger partial charge in [-0.3, -0.25) is 9.69 Å². The Kier molecular flexibility index (Phi) is 8.81. The molecule has 0 amide bonds. The van der Waals surface area contributed by atoms with Crippen molar-refractivity contribution in [2.45, 2.75) is 19.8 Å². The number of hydrogen-bond acceptors (Lipinski definition) is 5. The summed E-state index contributed by atoms with van der Waals surface area (Å²) in [5.41, 5.74) is 0. The van der Waals surface area contributed by atoms with Gasteiger partial charge in [0.05, 0.1) is 19.6 Å². The molecule has 1 aliphatic rings. The van der Waals surface area contributed by atoms with E-state index >= 15 is 0 Å². The van der Waals surface area contributed by atoms with Crippen LogP contribution in [0.5, 0.6) is 11.5 Å². The van der Waals surface area contributed by atoms with Gasteiger partial charge in [0, 0.05) is 6.54 Å². The Morgan fingerprint density at radius 1 is 1.22 bits per heavy atom. The summed E-state index contributed by atoms with van der Waals surface area (Å²) >= 11 is 0. The zero-order valence-corrected chi connectivity index (χ0v) is 14.6. The zero-order valence-electron chi connectivity index (χ0n) is 13.8. The van der Waals surface area contributed by atoms with E-state index < -0.39 is 0 Å². The van der Waals surface area contributed by atoms with Crippen molar-refractivity contribution in [2.24, 2.45) is 5.92 Å². The molecule has 0 radical (unpaired) electrons. The van der Waals surface area contributed by atoms with Gasteiger partial charge in [-0.25, -0.2) is 0 Å². The summed E-state index contributed by atoms with van der Waals surface area (Å²) < 4.78 is 16.1. The number of nitrogens with zero attached hydrogens (tertiary/aromatic N) is 1. The number of para-hydroxylation sites is 2. The fourth-order valence-corrected chi connectivity index (χ4v) is 2.68. The Labute approximate surface area is 144 Å². The average molecular weight is 344 g/mol. The standard InChI is InChI=1S/C17H25NO4.ClH/c1-3-21-17(19)14-8-10-18(11-9-14)12-13-22-16-7-5-4-6-15(16)20-2;/h4-7,14H,3,8-13H2,1-2H3;1H. The number of piperidine rings is 1. The first-order valence-electron chi connectivity index (χ1n) is 7.89. The minimum atomic E-state index is -0.0487. The second-order valence-electron chi connectivity index (χ2n) is 5.37. The number of hydrogen-bond donors (Lipinski definition) is 0. The van der Waals surface area contributed by atoms with Crippen LogP contribution in [0.3, 0.4) is 0 Å². The summed E-state index contributed by atoms with van der Waals surface area (Å²) in [6, 6.07) is 7.65. The van der Waals surface area contributed by atoms with Crippen LogP contribution in [-0.4, -0.2) is 50.8 Å². The van der Waals surface area contributed by atoms with Gasteiger partial charge in [0.2, 0.25) is 0 Å². The number of halogens is 1. The topological polar surface area (TPSA) is 48.0 Å². The summed E-state index contributed by atoms with van der Waals surface area (Å²) in [5.74, 6) is 1.54. The predicted molar refractivity (Wildman–Crippen MR) is 91.5 cm³/mol. The molecule has 130 valence electrons. The molecular formula is C17H26ClNO4. The van der Waals surface area contributed by atoms with E-state index in [2.05, 4.69) is 4.90 Å². The largest absolute Gasteiger partial charge is 0.493 e. The lowest BCUT2D eigenvalue weighted by molar-refractivity contribution is -0.149. The van der Waals surface area contributed by atoms with Crippen LogP contribution in [0, 0.1) is 5.92 Å². The van der Waals surface area contributed by atoms with Crippen molar-refractivity contribution in [2.75, 3.05) is 40.0 Å². The van der Waals surface area contributed by atoms with Crippen molar-refractivity contribution in [3.63, 3.8) is 0 Å². The van der Waals surface area contributed by atoms with Crippen LogP contribution in [0.25, 0.3) is 0 Å². The molecule has 1 heterocycles. The smallest absolute Gasteiger partial charge is 0.309 e. The molecule has 0 spiro atoms. The van der Waals surface area contributed by atoms with Gasteiger partial charge in [-0.1, -0.05) is 12.1 Å². The van der Waals surface area contributed by atoms with Gasteiger partial charge in [0.1, 0.15) is 6.61 Å². The third-order valence-corrected chi connectivity index (χ3v) is 3.94. The first-order valence-corrected chi connectivity index (χ1v) is 7.89. The molecule has 1 aromatic carbocycles. The molecule has 1 saturated heterocycles. The zero-order chi connectivity index (χ0) is 15.8. The van der Waals surface area contributed by atoms with Gasteiger partial charge in [-0.2, -0.15) is 0 Å². The molecule has 0 aromatic heterocycles. The normalized spacial score (nSPS) is 15.6. The SMILES string of the molecule is CCOC(=O)C1CCN(CCOc2ccccc2OC)CC1.Cl. The molecule has 2 rings (SSSR count). The van der Waals surface area contributed by atoms with E-state index in [1.54, 1.807) is 7.11 Å². The molecule has 1 aliphatic heterocycles. The van der Waals surface area contributed by atoms with E-state index in [4.69, 9.17) is 14.2 Å². The second-order valence-corrected chi connectivity index (χ2v) is 5.37. The monoisotopic (exact) mass is 343 g/mol. The predicted octanol–water partition coefficient (Wildman–Crippen LogP) is 2.77. The summed E-state index contributed by atoms with van der Waals surface area (Å²) in [5, 5.41) is 0. The van der Waals surface area contributed by atoms with Gasteiger partial charge in [0.15, 0.2) is 11.5 Å². The Morgan fingerprint density at radius 3 is 2.48 bits per heavy atom. The second kappa shape index (κ2) is 10.3. The van der Waals surface area contributed by atoms with E-state index in [1.165, 1.54) is 0 Å². The molecule has 6 heteroatoms. The van der Waals surface area contributed by atoms with Gasteiger partial charge in [-0.05, 0) is 45.0 Å². The molecule has 1 aromatic rings. The first-order chi connectivity index (χ1) is 10.7. The molecule has 0 unspecified atom stereocenters. The first kappa shape index (κ1) is 19.6. The average Bonchev–Trinajstić information content (AvgIpc) is 2.56. The maximum Gasteiger partial charge on any atom is 0.309 e. The summed E-state index contributed by atoms with van der Waals surface area (Å²) in [6.07, 6.45) is 1.74. The van der Waals surface area contributed by atoms with Crippen LogP contribution >= 0.6 is 12.4 Å². The van der Waals surface area contributed by atoms with Crippen LogP contribution in [0.2, 0.25) is 0 Å². The Balaban J connectivity index is 0.00000264. The number of carbonyl (C=O) groups is 1. The number of rotatable bonds is 7. The lowest BCUT2D eigenvalue weighted by Crippen LogP contribution is -2.39. The van der Waals surface area contributed by atoms with Gasteiger partial charge in [-0.15, -0.1) is 12.4 Å². The van der Waals surface area contributed by atoms with Crippen LogP contribution in [0.4, 0.5) is 0 Å².